The fourth-order valence-electron chi connectivity index (χ4n) is 1.43. The van der Waals surface area contributed by atoms with E-state index in [0.29, 0.717) is 5.56 Å². The highest BCUT2D eigenvalue weighted by Gasteiger charge is 2.07. The molecule has 0 saturated heterocycles. The predicted molar refractivity (Wildman–Crippen MR) is 76.0 cm³/mol. The first-order valence-electron chi connectivity index (χ1n) is 5.72. The van der Waals surface area contributed by atoms with Crippen molar-refractivity contribution in [2.75, 3.05) is 10.6 Å². The minimum absolute atomic E-state index is 0.112. The number of pyridine rings is 1. The van der Waals surface area contributed by atoms with Gasteiger partial charge in [0.15, 0.2) is 5.82 Å². The van der Waals surface area contributed by atoms with Crippen LogP contribution in [0, 0.1) is 6.92 Å². The third-order valence-electron chi connectivity index (χ3n) is 2.39. The Morgan fingerprint density at radius 2 is 2.15 bits per heavy atom. The van der Waals surface area contributed by atoms with E-state index in [9.17, 15) is 9.59 Å². The van der Waals surface area contributed by atoms with Gasteiger partial charge in [-0.25, -0.2) is 9.78 Å². The molecule has 0 spiro atoms. The van der Waals surface area contributed by atoms with Crippen LogP contribution >= 0.6 is 11.6 Å². The molecule has 104 valence electrons. The van der Waals surface area contributed by atoms with E-state index in [0.717, 1.165) is 5.69 Å². The molecule has 2 amide bonds. The molecule has 0 radical (unpaired) electrons. The van der Waals surface area contributed by atoms with E-state index in [1.807, 2.05) is 0 Å². The molecular weight excluding hydrogens is 282 g/mol. The van der Waals surface area contributed by atoms with Gasteiger partial charge in [0, 0.05) is 12.1 Å². The Morgan fingerprint density at radius 3 is 2.80 bits per heavy atom. The van der Waals surface area contributed by atoms with Crippen LogP contribution in [-0.2, 0) is 5.88 Å². The fraction of sp³-hybridized carbons (Fsp3) is 0.167. The number of carbonyl (C=O) groups is 1. The molecule has 0 unspecified atom stereocenters. The zero-order valence-corrected chi connectivity index (χ0v) is 11.4. The topological polar surface area (TPSA) is 99.8 Å². The van der Waals surface area contributed by atoms with Gasteiger partial charge in [-0.05, 0) is 18.6 Å². The lowest BCUT2D eigenvalue weighted by Crippen LogP contribution is -2.24. The second-order valence-electron chi connectivity index (χ2n) is 4.01. The van der Waals surface area contributed by atoms with Gasteiger partial charge in [-0.1, -0.05) is 0 Å². The molecule has 8 heteroatoms. The van der Waals surface area contributed by atoms with E-state index in [4.69, 9.17) is 11.6 Å². The maximum Gasteiger partial charge on any atom is 0.325 e. The first kappa shape index (κ1) is 14.0. The smallest absolute Gasteiger partial charge is 0.325 e. The summed E-state index contributed by atoms with van der Waals surface area (Å²) >= 11 is 5.66. The van der Waals surface area contributed by atoms with Crippen LogP contribution in [0.25, 0.3) is 0 Å². The average Bonchev–Trinajstić information content (AvgIpc) is 2.44. The summed E-state index contributed by atoms with van der Waals surface area (Å²) in [7, 11) is 0. The molecule has 0 fully saturated rings. The fourth-order valence-corrected chi connectivity index (χ4v) is 1.58. The molecule has 0 atom stereocenters. The van der Waals surface area contributed by atoms with Crippen molar-refractivity contribution in [3.05, 3.63) is 46.3 Å². The molecule has 0 aliphatic heterocycles. The van der Waals surface area contributed by atoms with Crippen LogP contribution in [0.2, 0.25) is 0 Å². The molecule has 0 saturated carbocycles. The molecule has 2 aromatic heterocycles. The van der Waals surface area contributed by atoms with Crippen molar-refractivity contribution in [1.29, 1.82) is 0 Å². The van der Waals surface area contributed by atoms with E-state index in [-0.39, 0.29) is 17.4 Å². The van der Waals surface area contributed by atoms with Crippen LogP contribution in [0.5, 0.6) is 0 Å². The zero-order chi connectivity index (χ0) is 14.5. The first-order valence-corrected chi connectivity index (χ1v) is 6.26. The third kappa shape index (κ3) is 3.55. The van der Waals surface area contributed by atoms with Crippen molar-refractivity contribution in [2.24, 2.45) is 0 Å². The number of hydrogen-bond donors (Lipinski definition) is 3. The number of urea groups is 1. The molecule has 0 bridgehead atoms. The van der Waals surface area contributed by atoms with Crippen molar-refractivity contribution in [3.8, 4) is 0 Å². The van der Waals surface area contributed by atoms with E-state index >= 15 is 0 Å². The Kier molecular flexibility index (Phi) is 4.31. The van der Waals surface area contributed by atoms with Crippen LogP contribution in [0.15, 0.2) is 29.5 Å². The van der Waals surface area contributed by atoms with Crippen LogP contribution in [0.1, 0.15) is 11.3 Å². The summed E-state index contributed by atoms with van der Waals surface area (Å²) in [6, 6.07) is 0.923. The summed E-state index contributed by atoms with van der Waals surface area (Å²) in [6.45, 7) is 1.79. The van der Waals surface area contributed by atoms with Crippen molar-refractivity contribution in [2.45, 2.75) is 12.8 Å². The second kappa shape index (κ2) is 6.16. The van der Waals surface area contributed by atoms with Crippen LogP contribution in [0.3, 0.4) is 0 Å². The largest absolute Gasteiger partial charge is 0.327 e. The minimum Gasteiger partial charge on any atom is -0.327 e. The van der Waals surface area contributed by atoms with Gasteiger partial charge in [-0.15, -0.1) is 11.6 Å². The Hall–Kier alpha value is -2.41. The van der Waals surface area contributed by atoms with E-state index in [1.165, 1.54) is 24.7 Å². The van der Waals surface area contributed by atoms with Gasteiger partial charge in [0.25, 0.3) is 5.56 Å². The number of alkyl halides is 1. The van der Waals surface area contributed by atoms with Gasteiger partial charge >= 0.3 is 6.03 Å². The maximum absolute atomic E-state index is 11.7. The number of nitrogens with one attached hydrogen (secondary N) is 3. The lowest BCUT2D eigenvalue weighted by atomic mass is 10.3. The number of anilines is 2. The lowest BCUT2D eigenvalue weighted by Gasteiger charge is -2.07. The molecule has 0 aromatic carbocycles. The number of nitrogens with zero attached hydrogens (tertiary/aromatic N) is 2. The van der Waals surface area contributed by atoms with E-state index < -0.39 is 11.6 Å². The van der Waals surface area contributed by atoms with Gasteiger partial charge in [-0.3, -0.25) is 15.1 Å². The lowest BCUT2D eigenvalue weighted by molar-refractivity contribution is 0.262. The zero-order valence-electron chi connectivity index (χ0n) is 10.6. The molecule has 0 aliphatic rings. The minimum atomic E-state index is -0.583. The van der Waals surface area contributed by atoms with Crippen LogP contribution in [-0.4, -0.2) is 21.0 Å². The molecular formula is C12H12ClN5O2. The van der Waals surface area contributed by atoms with Crippen molar-refractivity contribution in [1.82, 2.24) is 15.0 Å². The molecule has 7 nitrogen and oxygen atoms in total. The number of rotatable bonds is 3. The highest BCUT2D eigenvalue weighted by molar-refractivity contribution is 6.17. The number of halogens is 1. The quantitative estimate of drug-likeness (QED) is 0.752. The van der Waals surface area contributed by atoms with Gasteiger partial charge in [0.1, 0.15) is 5.69 Å². The SMILES string of the molecule is Cc1cnc(NC(=O)Nc2cc(CCl)c[nH]c2=O)cn1. The summed E-state index contributed by atoms with van der Waals surface area (Å²) in [5, 5.41) is 4.90. The number of aromatic nitrogens is 3. The van der Waals surface area contributed by atoms with Crippen molar-refractivity contribution >= 4 is 29.1 Å². The number of aromatic amines is 1. The van der Waals surface area contributed by atoms with Gasteiger partial charge in [0.2, 0.25) is 0 Å². The number of H-pyrrole nitrogens is 1. The predicted octanol–water partition coefficient (Wildman–Crippen LogP) is 1.86. The van der Waals surface area contributed by atoms with Crippen LogP contribution in [0.4, 0.5) is 16.3 Å². The normalized spacial score (nSPS) is 10.1. The standard InChI is InChI=1S/C12H12ClN5O2/c1-7-4-15-10(6-14-7)18-12(20)17-9-2-8(3-13)5-16-11(9)19/h2,4-6H,3H2,1H3,(H,16,19)(H2,15,17,18,20). The van der Waals surface area contributed by atoms with Gasteiger partial charge in [-0.2, -0.15) is 0 Å². The van der Waals surface area contributed by atoms with E-state index in [2.05, 4.69) is 25.6 Å². The third-order valence-corrected chi connectivity index (χ3v) is 2.70. The molecule has 2 heterocycles. The Labute approximate surface area is 119 Å². The number of hydrogen-bond acceptors (Lipinski definition) is 4. The summed E-state index contributed by atoms with van der Waals surface area (Å²) in [4.78, 5) is 33.7. The Balaban J connectivity index is 2.08. The number of amides is 2. The van der Waals surface area contributed by atoms with Gasteiger partial charge < -0.3 is 10.3 Å². The number of carbonyl (C=O) groups excluding carboxylic acids is 1. The summed E-state index contributed by atoms with van der Waals surface area (Å²) < 4.78 is 0. The first-order chi connectivity index (χ1) is 9.58. The van der Waals surface area contributed by atoms with Gasteiger partial charge in [0.05, 0.1) is 18.1 Å². The Bertz CT molecular complexity index is 668. The summed E-state index contributed by atoms with van der Waals surface area (Å²) in [5.74, 6) is 0.522. The second-order valence-corrected chi connectivity index (χ2v) is 4.27. The molecule has 0 aliphatic carbocycles. The van der Waals surface area contributed by atoms with Crippen molar-refractivity contribution in [3.63, 3.8) is 0 Å². The monoisotopic (exact) mass is 293 g/mol. The molecule has 20 heavy (non-hydrogen) atoms. The molecule has 3 N–H and O–H groups in total. The Morgan fingerprint density at radius 1 is 1.35 bits per heavy atom. The van der Waals surface area contributed by atoms with Crippen LogP contribution < -0.4 is 16.2 Å². The highest BCUT2D eigenvalue weighted by Crippen LogP contribution is 2.07. The molecule has 2 rings (SSSR count). The number of aryl methyl sites for hydroxylation is 1. The molecule has 2 aromatic rings. The van der Waals surface area contributed by atoms with E-state index in [1.54, 1.807) is 6.92 Å². The highest BCUT2D eigenvalue weighted by atomic mass is 35.5. The maximum atomic E-state index is 11.7. The average molecular weight is 294 g/mol. The van der Waals surface area contributed by atoms with Crippen molar-refractivity contribution < 1.29 is 4.79 Å². The summed E-state index contributed by atoms with van der Waals surface area (Å²) in [6.07, 6.45) is 4.44. The summed E-state index contributed by atoms with van der Waals surface area (Å²) in [5.41, 5.74) is 1.13.